The number of anilines is 1. The summed E-state index contributed by atoms with van der Waals surface area (Å²) in [6, 6.07) is 1.80. The molecule has 0 radical (unpaired) electrons. The molecule has 0 saturated heterocycles. The van der Waals surface area contributed by atoms with E-state index in [9.17, 15) is 4.79 Å². The van der Waals surface area contributed by atoms with Crippen LogP contribution in [0.2, 0.25) is 4.34 Å². The molecule has 2 heterocycles. The van der Waals surface area contributed by atoms with Crippen molar-refractivity contribution in [2.75, 3.05) is 11.9 Å². The lowest BCUT2D eigenvalue weighted by atomic mass is 10.1. The third-order valence-electron chi connectivity index (χ3n) is 1.62. The molecule has 0 saturated carbocycles. The Balaban J connectivity index is 2.52. The van der Waals surface area contributed by atoms with Crippen LogP contribution < -0.4 is 5.32 Å². The SMILES string of the molecule is O=C1CCNc2cc(Cl)sc21. The van der Waals surface area contributed by atoms with E-state index in [0.29, 0.717) is 10.8 Å². The molecule has 2 nitrogen and oxygen atoms in total. The summed E-state index contributed by atoms with van der Waals surface area (Å²) in [7, 11) is 0. The predicted molar refractivity (Wildman–Crippen MR) is 46.8 cm³/mol. The molecule has 1 aromatic heterocycles. The van der Waals surface area contributed by atoms with Crippen molar-refractivity contribution in [2.45, 2.75) is 6.42 Å². The number of ketones is 1. The highest BCUT2D eigenvalue weighted by Gasteiger charge is 2.19. The highest BCUT2D eigenvalue weighted by Crippen LogP contribution is 2.33. The molecule has 0 bridgehead atoms. The standard InChI is InChI=1S/C7H6ClNOS/c8-6-3-4-7(11-6)5(10)1-2-9-4/h3,9H,1-2H2. The van der Waals surface area contributed by atoms with Crippen molar-refractivity contribution in [1.29, 1.82) is 0 Å². The Morgan fingerprint density at radius 3 is 3.18 bits per heavy atom. The van der Waals surface area contributed by atoms with Crippen molar-refractivity contribution in [2.24, 2.45) is 0 Å². The molecule has 58 valence electrons. The van der Waals surface area contributed by atoms with Crippen LogP contribution in [0.5, 0.6) is 0 Å². The largest absolute Gasteiger partial charge is 0.383 e. The molecule has 4 heteroatoms. The summed E-state index contributed by atoms with van der Waals surface area (Å²) in [4.78, 5) is 12.0. The average molecular weight is 188 g/mol. The molecule has 0 aromatic carbocycles. The first-order valence-electron chi connectivity index (χ1n) is 3.34. The monoisotopic (exact) mass is 187 g/mol. The lowest BCUT2D eigenvalue weighted by molar-refractivity contribution is 0.0988. The Hall–Kier alpha value is -0.540. The highest BCUT2D eigenvalue weighted by molar-refractivity contribution is 7.18. The molecule has 2 rings (SSSR count). The third-order valence-corrected chi connectivity index (χ3v) is 2.93. The molecule has 0 aliphatic carbocycles. The average Bonchev–Trinajstić information content (AvgIpc) is 2.31. The first-order valence-corrected chi connectivity index (χ1v) is 4.53. The van der Waals surface area contributed by atoms with Gasteiger partial charge in [0.1, 0.15) is 0 Å². The summed E-state index contributed by atoms with van der Waals surface area (Å²) >= 11 is 7.09. The fraction of sp³-hybridized carbons (Fsp3) is 0.286. The van der Waals surface area contributed by atoms with Gasteiger partial charge in [0.2, 0.25) is 0 Å². The molecular formula is C7H6ClNOS. The lowest BCUT2D eigenvalue weighted by Gasteiger charge is -2.10. The Morgan fingerprint density at radius 1 is 1.64 bits per heavy atom. The summed E-state index contributed by atoms with van der Waals surface area (Å²) in [5.74, 6) is 0.204. The minimum Gasteiger partial charge on any atom is -0.383 e. The van der Waals surface area contributed by atoms with Gasteiger partial charge in [0.15, 0.2) is 5.78 Å². The number of carbonyl (C=O) groups excluding carboxylic acids is 1. The minimum atomic E-state index is 0.204. The van der Waals surface area contributed by atoms with Crippen LogP contribution in [-0.4, -0.2) is 12.3 Å². The molecule has 0 amide bonds. The third kappa shape index (κ3) is 1.14. The van der Waals surface area contributed by atoms with E-state index in [2.05, 4.69) is 5.32 Å². The maximum absolute atomic E-state index is 11.2. The van der Waals surface area contributed by atoms with E-state index in [1.54, 1.807) is 6.07 Å². The van der Waals surface area contributed by atoms with E-state index < -0.39 is 0 Å². The highest BCUT2D eigenvalue weighted by atomic mass is 35.5. The number of carbonyl (C=O) groups is 1. The van der Waals surface area contributed by atoms with Gasteiger partial charge >= 0.3 is 0 Å². The van der Waals surface area contributed by atoms with Crippen molar-refractivity contribution in [3.8, 4) is 0 Å². The van der Waals surface area contributed by atoms with Crippen molar-refractivity contribution < 1.29 is 4.79 Å². The van der Waals surface area contributed by atoms with Crippen LogP contribution >= 0.6 is 22.9 Å². The first-order chi connectivity index (χ1) is 5.27. The minimum absolute atomic E-state index is 0.204. The number of rotatable bonds is 0. The maximum Gasteiger partial charge on any atom is 0.176 e. The number of Topliss-reactive ketones (excluding diaryl/α,β-unsaturated/α-hetero) is 1. The summed E-state index contributed by atoms with van der Waals surface area (Å²) in [6.45, 7) is 0.735. The van der Waals surface area contributed by atoms with E-state index in [1.165, 1.54) is 11.3 Å². The number of nitrogens with one attached hydrogen (secondary N) is 1. The van der Waals surface area contributed by atoms with Crippen LogP contribution in [0.25, 0.3) is 0 Å². The smallest absolute Gasteiger partial charge is 0.176 e. The number of hydrogen-bond donors (Lipinski definition) is 1. The topological polar surface area (TPSA) is 29.1 Å². The molecule has 0 fully saturated rings. The zero-order valence-electron chi connectivity index (χ0n) is 5.69. The van der Waals surface area contributed by atoms with E-state index in [1.807, 2.05) is 0 Å². The van der Waals surface area contributed by atoms with Gasteiger partial charge in [-0.15, -0.1) is 11.3 Å². The fourth-order valence-corrected chi connectivity index (χ4v) is 2.29. The van der Waals surface area contributed by atoms with Gasteiger partial charge in [-0.05, 0) is 6.07 Å². The van der Waals surface area contributed by atoms with Gasteiger partial charge in [0.05, 0.1) is 14.9 Å². The predicted octanol–water partition coefficient (Wildman–Crippen LogP) is 2.40. The van der Waals surface area contributed by atoms with Gasteiger partial charge in [-0.2, -0.15) is 0 Å². The molecule has 1 N–H and O–H groups in total. The molecule has 0 atom stereocenters. The van der Waals surface area contributed by atoms with Gasteiger partial charge in [0, 0.05) is 13.0 Å². The van der Waals surface area contributed by atoms with Crippen molar-refractivity contribution in [1.82, 2.24) is 0 Å². The Kier molecular flexibility index (Phi) is 1.62. The Bertz CT molecular complexity index is 307. The second kappa shape index (κ2) is 2.50. The number of fused-ring (bicyclic) bond motifs is 1. The quantitative estimate of drug-likeness (QED) is 0.676. The second-order valence-corrected chi connectivity index (χ2v) is 4.08. The normalized spacial score (nSPS) is 15.9. The van der Waals surface area contributed by atoms with Crippen molar-refractivity contribution in [3.63, 3.8) is 0 Å². The zero-order chi connectivity index (χ0) is 7.84. The zero-order valence-corrected chi connectivity index (χ0v) is 7.26. The number of halogens is 1. The first kappa shape index (κ1) is 7.13. The van der Waals surface area contributed by atoms with Gasteiger partial charge in [0.25, 0.3) is 0 Å². The van der Waals surface area contributed by atoms with Crippen molar-refractivity contribution in [3.05, 3.63) is 15.3 Å². The molecule has 0 spiro atoms. The van der Waals surface area contributed by atoms with Gasteiger partial charge in [-0.25, -0.2) is 0 Å². The molecule has 1 aliphatic heterocycles. The van der Waals surface area contributed by atoms with E-state index in [0.717, 1.165) is 17.1 Å². The van der Waals surface area contributed by atoms with E-state index in [-0.39, 0.29) is 5.78 Å². The van der Waals surface area contributed by atoms with Crippen molar-refractivity contribution >= 4 is 34.4 Å². The molecular weight excluding hydrogens is 182 g/mol. The fourth-order valence-electron chi connectivity index (χ4n) is 1.12. The van der Waals surface area contributed by atoms with Crippen LogP contribution in [-0.2, 0) is 0 Å². The van der Waals surface area contributed by atoms with Gasteiger partial charge in [-0.3, -0.25) is 4.79 Å². The summed E-state index contributed by atoms with van der Waals surface area (Å²) in [6.07, 6.45) is 0.587. The maximum atomic E-state index is 11.2. The second-order valence-electron chi connectivity index (χ2n) is 2.39. The van der Waals surface area contributed by atoms with Crippen LogP contribution in [0.3, 0.4) is 0 Å². The summed E-state index contributed by atoms with van der Waals surface area (Å²) < 4.78 is 0.678. The summed E-state index contributed by atoms with van der Waals surface area (Å²) in [5, 5.41) is 3.12. The molecule has 0 unspecified atom stereocenters. The van der Waals surface area contributed by atoms with Crippen LogP contribution in [0, 0.1) is 0 Å². The van der Waals surface area contributed by atoms with Crippen LogP contribution in [0.1, 0.15) is 16.1 Å². The van der Waals surface area contributed by atoms with Crippen LogP contribution in [0.4, 0.5) is 5.69 Å². The molecule has 1 aromatic rings. The summed E-state index contributed by atoms with van der Waals surface area (Å²) in [5.41, 5.74) is 0.899. The van der Waals surface area contributed by atoms with Gasteiger partial charge < -0.3 is 5.32 Å². The number of hydrogen-bond acceptors (Lipinski definition) is 3. The van der Waals surface area contributed by atoms with Gasteiger partial charge in [-0.1, -0.05) is 11.6 Å². The van der Waals surface area contributed by atoms with Crippen LogP contribution in [0.15, 0.2) is 6.07 Å². The number of thiophene rings is 1. The molecule has 11 heavy (non-hydrogen) atoms. The Morgan fingerprint density at radius 2 is 2.45 bits per heavy atom. The Labute approximate surface area is 73.2 Å². The van der Waals surface area contributed by atoms with E-state index >= 15 is 0 Å². The van der Waals surface area contributed by atoms with E-state index in [4.69, 9.17) is 11.6 Å². The molecule has 1 aliphatic rings. The lowest BCUT2D eigenvalue weighted by Crippen LogP contribution is -2.15.